The van der Waals surface area contributed by atoms with E-state index < -0.39 is 8.07 Å². The van der Waals surface area contributed by atoms with Gasteiger partial charge in [-0.1, -0.05) is 19.6 Å². The molecule has 0 radical (unpaired) electrons. The molecule has 1 heterocycles. The van der Waals surface area contributed by atoms with Crippen molar-refractivity contribution < 1.29 is 4.74 Å². The smallest absolute Gasteiger partial charge is 0.135 e. The van der Waals surface area contributed by atoms with Crippen LogP contribution in [-0.2, 0) is 17.9 Å². The molecule has 5 heteroatoms. The summed E-state index contributed by atoms with van der Waals surface area (Å²) in [7, 11) is -1.27. The second kappa shape index (κ2) is 5.47. The Morgan fingerprint density at radius 2 is 2.18 bits per heavy atom. The van der Waals surface area contributed by atoms with Crippen molar-refractivity contribution in [2.24, 2.45) is 0 Å². The van der Waals surface area contributed by atoms with E-state index >= 15 is 0 Å². The van der Waals surface area contributed by atoms with Gasteiger partial charge in [0.2, 0.25) is 0 Å². The van der Waals surface area contributed by atoms with Gasteiger partial charge in [-0.05, 0) is 13.8 Å². The molecule has 0 amide bonds. The highest BCUT2D eigenvalue weighted by Crippen LogP contribution is 2.13. The maximum atomic E-state index is 8.76. The molecule has 1 aromatic rings. The number of hydrogen-bond donors (Lipinski definition) is 0. The maximum Gasteiger partial charge on any atom is 0.135 e. The fourth-order valence-corrected chi connectivity index (χ4v) is 1.95. The summed E-state index contributed by atoms with van der Waals surface area (Å²) in [6, 6.07) is 2.15. The largest absolute Gasteiger partial charge is 0.374 e. The maximum absolute atomic E-state index is 8.76. The van der Waals surface area contributed by atoms with E-state index in [1.165, 1.54) is 0 Å². The lowest BCUT2D eigenvalue weighted by molar-refractivity contribution is 0.0908. The molecule has 0 fully saturated rings. The van der Waals surface area contributed by atoms with Crippen LogP contribution in [0.2, 0.25) is 19.6 Å². The summed E-state index contributed by atoms with van der Waals surface area (Å²) >= 11 is 0. The van der Waals surface area contributed by atoms with Crippen molar-refractivity contribution in [2.45, 2.75) is 52.4 Å². The monoisotopic (exact) mass is 251 g/mol. The van der Waals surface area contributed by atoms with Crippen LogP contribution < -0.4 is 0 Å². The fraction of sp³-hybridized carbons (Fsp3) is 0.667. The molecule has 0 spiro atoms. The Balaban J connectivity index is 2.67. The number of ether oxygens (including phenoxy) is 1. The van der Waals surface area contributed by atoms with Crippen molar-refractivity contribution in [1.29, 1.82) is 5.26 Å². The summed E-state index contributed by atoms with van der Waals surface area (Å²) in [5, 5.41) is 8.76. The van der Waals surface area contributed by atoms with Gasteiger partial charge in [-0.3, -0.25) is 0 Å². The Kier molecular flexibility index (Phi) is 4.49. The summed E-state index contributed by atoms with van der Waals surface area (Å²) in [6.07, 6.45) is 1.79. The normalized spacial score (nSPS) is 13.4. The van der Waals surface area contributed by atoms with Crippen LogP contribution in [0.5, 0.6) is 0 Å². The Morgan fingerprint density at radius 1 is 1.53 bits per heavy atom. The Bertz CT molecular complexity index is 414. The molecule has 0 saturated carbocycles. The lowest BCUT2D eigenvalue weighted by Crippen LogP contribution is -2.37. The zero-order valence-corrected chi connectivity index (χ0v) is 12.3. The molecule has 94 valence electrons. The number of nitrogens with zero attached hydrogens (tertiary/aromatic N) is 3. The minimum atomic E-state index is -1.27. The van der Waals surface area contributed by atoms with E-state index in [2.05, 4.69) is 37.6 Å². The number of hydrogen-bond acceptors (Lipinski definition) is 3. The third-order valence-electron chi connectivity index (χ3n) is 3.05. The van der Waals surface area contributed by atoms with Crippen LogP contribution in [0.15, 0.2) is 6.20 Å². The van der Waals surface area contributed by atoms with Crippen molar-refractivity contribution in [1.82, 2.24) is 9.55 Å². The highest BCUT2D eigenvalue weighted by molar-refractivity contribution is 6.77. The van der Waals surface area contributed by atoms with Gasteiger partial charge in [0.15, 0.2) is 0 Å². The minimum Gasteiger partial charge on any atom is -0.374 e. The molecule has 17 heavy (non-hydrogen) atoms. The lowest BCUT2D eigenvalue weighted by Gasteiger charge is -2.25. The van der Waals surface area contributed by atoms with Gasteiger partial charge in [-0.15, -0.1) is 0 Å². The topological polar surface area (TPSA) is 50.8 Å². The molecule has 0 aliphatic rings. The van der Waals surface area contributed by atoms with Crippen molar-refractivity contribution in [3.05, 3.63) is 17.7 Å². The molecule has 0 aliphatic carbocycles. The number of aromatic nitrogens is 2. The predicted molar refractivity (Wildman–Crippen MR) is 70.2 cm³/mol. The van der Waals surface area contributed by atoms with Crippen molar-refractivity contribution >= 4 is 8.07 Å². The van der Waals surface area contributed by atoms with Gasteiger partial charge in [-0.2, -0.15) is 5.26 Å². The molecular formula is C12H21N3OSi. The average Bonchev–Trinajstić information content (AvgIpc) is 2.56. The van der Waals surface area contributed by atoms with Crippen LogP contribution in [0, 0.1) is 18.3 Å². The second-order valence-electron chi connectivity index (χ2n) is 5.38. The molecule has 0 bridgehead atoms. The molecular weight excluding hydrogens is 230 g/mol. The SMILES string of the molecule is Cc1cnc(COC(C)[Si](C)(C)C)n1CC#N. The molecule has 1 unspecified atom stereocenters. The van der Waals surface area contributed by atoms with Gasteiger partial charge in [-0.25, -0.2) is 4.98 Å². The second-order valence-corrected chi connectivity index (χ2v) is 10.9. The molecule has 1 atom stereocenters. The van der Waals surface area contributed by atoms with Gasteiger partial charge >= 0.3 is 0 Å². The van der Waals surface area contributed by atoms with Gasteiger partial charge in [0.05, 0.1) is 14.1 Å². The van der Waals surface area contributed by atoms with E-state index in [0.717, 1.165) is 11.5 Å². The first-order valence-electron chi connectivity index (χ1n) is 5.86. The van der Waals surface area contributed by atoms with Gasteiger partial charge in [0, 0.05) is 17.6 Å². The Morgan fingerprint density at radius 3 is 2.71 bits per heavy atom. The van der Waals surface area contributed by atoms with E-state index in [4.69, 9.17) is 10.00 Å². The van der Waals surface area contributed by atoms with Gasteiger partial charge < -0.3 is 9.30 Å². The van der Waals surface area contributed by atoms with Crippen molar-refractivity contribution in [3.8, 4) is 6.07 Å². The fourth-order valence-electron chi connectivity index (χ4n) is 1.36. The Labute approximate surface area is 104 Å². The van der Waals surface area contributed by atoms with Crippen LogP contribution >= 0.6 is 0 Å². The summed E-state index contributed by atoms with van der Waals surface area (Å²) in [6.45, 7) is 11.7. The average molecular weight is 251 g/mol. The van der Waals surface area contributed by atoms with Crippen LogP contribution in [0.4, 0.5) is 0 Å². The summed E-state index contributed by atoms with van der Waals surface area (Å²) in [5.74, 6) is 0.842. The zero-order valence-electron chi connectivity index (χ0n) is 11.3. The van der Waals surface area contributed by atoms with Crippen molar-refractivity contribution in [2.75, 3.05) is 0 Å². The zero-order chi connectivity index (χ0) is 13.1. The molecule has 0 aliphatic heterocycles. The number of rotatable bonds is 5. The first-order chi connectivity index (χ1) is 7.86. The third kappa shape index (κ3) is 3.68. The molecule has 1 aromatic heterocycles. The van der Waals surface area contributed by atoms with Gasteiger partial charge in [0.25, 0.3) is 0 Å². The third-order valence-corrected chi connectivity index (χ3v) is 5.65. The summed E-state index contributed by atoms with van der Waals surface area (Å²) in [5.41, 5.74) is 1.29. The van der Waals surface area contributed by atoms with Crippen LogP contribution in [-0.4, -0.2) is 23.4 Å². The highest BCUT2D eigenvalue weighted by Gasteiger charge is 2.23. The van der Waals surface area contributed by atoms with Crippen molar-refractivity contribution in [3.63, 3.8) is 0 Å². The van der Waals surface area contributed by atoms with Crippen LogP contribution in [0.1, 0.15) is 18.4 Å². The van der Waals surface area contributed by atoms with E-state index in [-0.39, 0.29) is 5.73 Å². The predicted octanol–water partition coefficient (Wildman–Crippen LogP) is 2.50. The number of aryl methyl sites for hydroxylation is 1. The molecule has 0 N–H and O–H groups in total. The first-order valence-corrected chi connectivity index (χ1v) is 9.43. The number of nitriles is 1. The minimum absolute atomic E-state index is 0.287. The molecule has 0 aromatic carbocycles. The lowest BCUT2D eigenvalue weighted by atomic mass is 10.5. The van der Waals surface area contributed by atoms with Gasteiger partial charge in [0.1, 0.15) is 19.0 Å². The van der Waals surface area contributed by atoms with Crippen LogP contribution in [0.25, 0.3) is 0 Å². The first kappa shape index (κ1) is 13.9. The van der Waals surface area contributed by atoms with Crippen LogP contribution in [0.3, 0.4) is 0 Å². The summed E-state index contributed by atoms with van der Waals surface area (Å²) in [4.78, 5) is 4.29. The highest BCUT2D eigenvalue weighted by atomic mass is 28.3. The van der Waals surface area contributed by atoms with E-state index in [1.54, 1.807) is 6.20 Å². The molecule has 0 saturated heterocycles. The summed E-state index contributed by atoms with van der Waals surface area (Å²) < 4.78 is 7.76. The number of imidazole rings is 1. The Hall–Kier alpha value is -1.12. The van der Waals surface area contributed by atoms with E-state index in [1.807, 2.05) is 11.5 Å². The standard InChI is InChI=1S/C12H21N3OSi/c1-10-8-14-12(15(10)7-6-13)9-16-11(2)17(3,4)5/h8,11H,7,9H2,1-5H3. The van der Waals surface area contributed by atoms with E-state index in [0.29, 0.717) is 13.2 Å². The molecule has 1 rings (SSSR count). The van der Waals surface area contributed by atoms with E-state index in [9.17, 15) is 0 Å². The molecule has 4 nitrogen and oxygen atoms in total. The quantitative estimate of drug-likeness (QED) is 0.755.